The smallest absolute Gasteiger partial charge is 0.188 e. The molecule has 0 fully saturated rings. The molecule has 3 nitrogen and oxygen atoms in total. The highest BCUT2D eigenvalue weighted by molar-refractivity contribution is 5.78. The normalized spacial score (nSPS) is 13.8. The van der Waals surface area contributed by atoms with E-state index in [2.05, 4.69) is 55.3 Å². The van der Waals surface area contributed by atoms with Gasteiger partial charge in [0.15, 0.2) is 5.96 Å². The van der Waals surface area contributed by atoms with Crippen LogP contribution in [-0.4, -0.2) is 13.0 Å². The molecule has 1 aromatic rings. The minimum atomic E-state index is 0.187. The van der Waals surface area contributed by atoms with Crippen molar-refractivity contribution in [2.24, 2.45) is 16.6 Å². The summed E-state index contributed by atoms with van der Waals surface area (Å²) in [6.07, 6.45) is 1.13. The third-order valence-electron chi connectivity index (χ3n) is 2.73. The molecular formula is C14H23N3. The van der Waals surface area contributed by atoms with Crippen molar-refractivity contribution in [3.63, 3.8) is 0 Å². The fraction of sp³-hybridized carbons (Fsp3) is 0.500. The molecule has 17 heavy (non-hydrogen) atoms. The molecule has 0 bridgehead atoms. The molecule has 0 saturated carbocycles. The van der Waals surface area contributed by atoms with Gasteiger partial charge in [0.1, 0.15) is 0 Å². The Morgan fingerprint density at radius 2 is 1.82 bits per heavy atom. The van der Waals surface area contributed by atoms with E-state index in [9.17, 15) is 0 Å². The van der Waals surface area contributed by atoms with Crippen LogP contribution in [0.1, 0.15) is 37.9 Å². The van der Waals surface area contributed by atoms with Gasteiger partial charge in [0.25, 0.3) is 0 Å². The fourth-order valence-electron chi connectivity index (χ4n) is 1.78. The molecular weight excluding hydrogens is 210 g/mol. The lowest BCUT2D eigenvalue weighted by Gasteiger charge is -2.15. The predicted molar refractivity (Wildman–Crippen MR) is 74.1 cm³/mol. The number of nitrogens with two attached hydrogens (primary N) is 1. The highest BCUT2D eigenvalue weighted by Gasteiger charge is 2.06. The van der Waals surface area contributed by atoms with Crippen molar-refractivity contribution in [3.05, 3.63) is 35.4 Å². The zero-order valence-corrected chi connectivity index (χ0v) is 11.2. The molecule has 0 aromatic heterocycles. The van der Waals surface area contributed by atoms with Gasteiger partial charge in [0, 0.05) is 7.05 Å². The van der Waals surface area contributed by atoms with Gasteiger partial charge in [-0.2, -0.15) is 0 Å². The molecule has 3 N–H and O–H groups in total. The second-order valence-corrected chi connectivity index (χ2v) is 4.81. The average Bonchev–Trinajstić information content (AvgIpc) is 2.28. The third-order valence-corrected chi connectivity index (χ3v) is 2.73. The van der Waals surface area contributed by atoms with E-state index in [1.807, 2.05) is 0 Å². The van der Waals surface area contributed by atoms with E-state index in [0.717, 1.165) is 6.42 Å². The minimum Gasteiger partial charge on any atom is -0.370 e. The van der Waals surface area contributed by atoms with Crippen molar-refractivity contribution in [2.45, 2.75) is 33.2 Å². The van der Waals surface area contributed by atoms with E-state index < -0.39 is 0 Å². The topological polar surface area (TPSA) is 50.4 Å². The minimum absolute atomic E-state index is 0.187. The quantitative estimate of drug-likeness (QED) is 0.620. The fourth-order valence-corrected chi connectivity index (χ4v) is 1.78. The Hall–Kier alpha value is -1.51. The first kappa shape index (κ1) is 13.6. The highest BCUT2D eigenvalue weighted by Crippen LogP contribution is 2.15. The number of guanidine groups is 1. The van der Waals surface area contributed by atoms with Crippen LogP contribution < -0.4 is 11.1 Å². The summed E-state index contributed by atoms with van der Waals surface area (Å²) in [5.41, 5.74) is 8.25. The van der Waals surface area contributed by atoms with E-state index in [-0.39, 0.29) is 6.04 Å². The van der Waals surface area contributed by atoms with Crippen molar-refractivity contribution in [1.82, 2.24) is 5.32 Å². The second kappa shape index (κ2) is 6.28. The van der Waals surface area contributed by atoms with Gasteiger partial charge in [0.2, 0.25) is 0 Å². The maximum Gasteiger partial charge on any atom is 0.188 e. The second-order valence-electron chi connectivity index (χ2n) is 4.81. The lowest BCUT2D eigenvalue weighted by molar-refractivity contribution is 0.646. The molecule has 0 aliphatic rings. The van der Waals surface area contributed by atoms with Crippen LogP contribution >= 0.6 is 0 Å². The van der Waals surface area contributed by atoms with Crippen molar-refractivity contribution in [2.75, 3.05) is 7.05 Å². The molecule has 3 heteroatoms. The van der Waals surface area contributed by atoms with Gasteiger partial charge >= 0.3 is 0 Å². The molecule has 1 aromatic carbocycles. The lowest BCUT2D eigenvalue weighted by Crippen LogP contribution is -2.33. The van der Waals surface area contributed by atoms with Crippen LogP contribution in [0.15, 0.2) is 29.3 Å². The zero-order chi connectivity index (χ0) is 12.8. The number of benzene rings is 1. The van der Waals surface area contributed by atoms with Gasteiger partial charge in [-0.1, -0.05) is 38.1 Å². The van der Waals surface area contributed by atoms with Crippen molar-refractivity contribution in [3.8, 4) is 0 Å². The van der Waals surface area contributed by atoms with Gasteiger partial charge in [-0.15, -0.1) is 0 Å². The number of nitrogens with zero attached hydrogens (tertiary/aromatic N) is 1. The first-order chi connectivity index (χ1) is 8.02. The largest absolute Gasteiger partial charge is 0.370 e. The molecule has 0 spiro atoms. The standard InChI is InChI=1S/C14H23N3/c1-10(2)9-12-5-7-13(8-6-12)11(3)17-14(15)16-4/h5-8,10-11H,9H2,1-4H3,(H3,15,16,17). The first-order valence-corrected chi connectivity index (χ1v) is 6.10. The Balaban J connectivity index is 2.67. The van der Waals surface area contributed by atoms with Crippen molar-refractivity contribution in [1.29, 1.82) is 0 Å². The molecule has 0 saturated heterocycles. The molecule has 94 valence electrons. The average molecular weight is 233 g/mol. The van der Waals surface area contributed by atoms with Crippen LogP contribution in [0.3, 0.4) is 0 Å². The van der Waals surface area contributed by atoms with Gasteiger partial charge in [0.05, 0.1) is 6.04 Å². The van der Waals surface area contributed by atoms with E-state index in [1.54, 1.807) is 7.05 Å². The number of hydrogen-bond acceptors (Lipinski definition) is 1. The van der Waals surface area contributed by atoms with Crippen LogP contribution in [-0.2, 0) is 6.42 Å². The summed E-state index contributed by atoms with van der Waals surface area (Å²) in [5, 5.41) is 3.13. The van der Waals surface area contributed by atoms with Gasteiger partial charge in [-0.3, -0.25) is 4.99 Å². The van der Waals surface area contributed by atoms with Crippen LogP contribution in [0.2, 0.25) is 0 Å². The number of aliphatic imine (C=N–C) groups is 1. The molecule has 1 rings (SSSR count). The Kier molecular flexibility index (Phi) is 5.01. The Morgan fingerprint density at radius 1 is 1.24 bits per heavy atom. The monoisotopic (exact) mass is 233 g/mol. The zero-order valence-electron chi connectivity index (χ0n) is 11.2. The molecule has 0 amide bonds. The van der Waals surface area contributed by atoms with E-state index in [0.29, 0.717) is 11.9 Å². The van der Waals surface area contributed by atoms with Gasteiger partial charge in [-0.05, 0) is 30.4 Å². The van der Waals surface area contributed by atoms with Crippen LogP contribution in [0.25, 0.3) is 0 Å². The summed E-state index contributed by atoms with van der Waals surface area (Å²) in [4.78, 5) is 3.89. The summed E-state index contributed by atoms with van der Waals surface area (Å²) >= 11 is 0. The summed E-state index contributed by atoms with van der Waals surface area (Å²) in [5.74, 6) is 1.17. The molecule has 0 heterocycles. The molecule has 0 aliphatic carbocycles. The summed E-state index contributed by atoms with van der Waals surface area (Å²) < 4.78 is 0. The summed E-state index contributed by atoms with van der Waals surface area (Å²) in [7, 11) is 1.68. The summed E-state index contributed by atoms with van der Waals surface area (Å²) in [6.45, 7) is 6.54. The maximum absolute atomic E-state index is 5.65. The molecule has 1 atom stereocenters. The number of rotatable bonds is 4. The Morgan fingerprint density at radius 3 is 2.29 bits per heavy atom. The third kappa shape index (κ3) is 4.47. The SMILES string of the molecule is CN=C(N)NC(C)c1ccc(CC(C)C)cc1. The first-order valence-electron chi connectivity index (χ1n) is 6.10. The summed E-state index contributed by atoms with van der Waals surface area (Å²) in [6, 6.07) is 8.86. The van der Waals surface area contributed by atoms with E-state index in [1.165, 1.54) is 11.1 Å². The van der Waals surface area contributed by atoms with Gasteiger partial charge < -0.3 is 11.1 Å². The highest BCUT2D eigenvalue weighted by atomic mass is 15.1. The molecule has 0 aliphatic heterocycles. The Labute approximate surface area is 104 Å². The van der Waals surface area contributed by atoms with Crippen LogP contribution in [0, 0.1) is 5.92 Å². The number of hydrogen-bond donors (Lipinski definition) is 2. The van der Waals surface area contributed by atoms with Crippen molar-refractivity contribution < 1.29 is 0 Å². The molecule has 1 unspecified atom stereocenters. The van der Waals surface area contributed by atoms with Crippen LogP contribution in [0.4, 0.5) is 0 Å². The molecule has 0 radical (unpaired) electrons. The van der Waals surface area contributed by atoms with Gasteiger partial charge in [-0.25, -0.2) is 0 Å². The van der Waals surface area contributed by atoms with E-state index in [4.69, 9.17) is 5.73 Å². The van der Waals surface area contributed by atoms with Crippen molar-refractivity contribution >= 4 is 5.96 Å². The lowest BCUT2D eigenvalue weighted by atomic mass is 10.00. The maximum atomic E-state index is 5.65. The Bertz CT molecular complexity index is 366. The number of nitrogens with one attached hydrogen (secondary N) is 1. The van der Waals surface area contributed by atoms with Crippen LogP contribution in [0.5, 0.6) is 0 Å². The van der Waals surface area contributed by atoms with E-state index >= 15 is 0 Å². The predicted octanol–water partition coefficient (Wildman–Crippen LogP) is 2.48.